The van der Waals surface area contributed by atoms with Crippen LogP contribution < -0.4 is 0 Å². The minimum absolute atomic E-state index is 0.313. The normalized spacial score (nSPS) is 12.2. The largest absolute Gasteiger partial charge is 0.339 e. The molecule has 0 rings (SSSR count). The third-order valence-electron chi connectivity index (χ3n) is 2.07. The van der Waals surface area contributed by atoms with Crippen LogP contribution in [0.2, 0.25) is 0 Å². The van der Waals surface area contributed by atoms with Crippen molar-refractivity contribution in [1.29, 1.82) is 0 Å². The first-order chi connectivity index (χ1) is 7.62. The highest BCUT2D eigenvalue weighted by atomic mass is 15.2. The molecule has 0 N–H and O–H groups in total. The molecule has 1 heteroatoms. The van der Waals surface area contributed by atoms with E-state index in [0.29, 0.717) is 6.04 Å². The minimum atomic E-state index is 0.313. The van der Waals surface area contributed by atoms with E-state index in [-0.39, 0.29) is 0 Å². The van der Waals surface area contributed by atoms with Crippen molar-refractivity contribution in [3.8, 4) is 0 Å². The number of allylic oxidation sites excluding steroid dienone is 6. The van der Waals surface area contributed by atoms with Gasteiger partial charge in [-0.15, -0.1) is 0 Å². The second-order valence-electron chi connectivity index (χ2n) is 3.53. The molecule has 0 radical (unpaired) electrons. The van der Waals surface area contributed by atoms with Gasteiger partial charge in [-0.1, -0.05) is 38.5 Å². The van der Waals surface area contributed by atoms with Crippen LogP contribution in [-0.2, 0) is 0 Å². The van der Waals surface area contributed by atoms with Gasteiger partial charge in [-0.05, 0) is 38.2 Å². The van der Waals surface area contributed by atoms with E-state index in [4.69, 9.17) is 0 Å². The van der Waals surface area contributed by atoms with Gasteiger partial charge in [-0.2, -0.15) is 0 Å². The van der Waals surface area contributed by atoms with Crippen LogP contribution in [-0.4, -0.2) is 10.9 Å². The molecule has 16 heavy (non-hydrogen) atoms. The molecule has 0 saturated carbocycles. The Morgan fingerprint density at radius 2 is 1.25 bits per heavy atom. The Morgan fingerprint density at radius 3 is 1.44 bits per heavy atom. The van der Waals surface area contributed by atoms with Crippen LogP contribution >= 0.6 is 0 Å². The summed E-state index contributed by atoms with van der Waals surface area (Å²) in [7, 11) is 0. The summed E-state index contributed by atoms with van der Waals surface area (Å²) in [5.41, 5.74) is 2.00. The molecular formula is C15H21N. The number of rotatable bonds is 7. The zero-order valence-electron chi connectivity index (χ0n) is 10.3. The van der Waals surface area contributed by atoms with Crippen LogP contribution in [0.4, 0.5) is 0 Å². The van der Waals surface area contributed by atoms with E-state index in [1.54, 1.807) is 12.2 Å². The molecule has 0 fully saturated rings. The van der Waals surface area contributed by atoms with Crippen LogP contribution in [0.25, 0.3) is 0 Å². The zero-order valence-corrected chi connectivity index (χ0v) is 10.3. The van der Waals surface area contributed by atoms with Gasteiger partial charge in [-0.3, -0.25) is 0 Å². The Bertz CT molecular complexity index is 299. The second kappa shape index (κ2) is 7.52. The summed E-state index contributed by atoms with van der Waals surface area (Å²) < 4.78 is 0. The molecule has 1 nitrogen and oxygen atoms in total. The summed E-state index contributed by atoms with van der Waals surface area (Å²) in [5, 5.41) is 0. The van der Waals surface area contributed by atoms with Gasteiger partial charge < -0.3 is 4.90 Å². The first kappa shape index (κ1) is 14.2. The quantitative estimate of drug-likeness (QED) is 0.575. The van der Waals surface area contributed by atoms with E-state index in [2.05, 4.69) is 45.1 Å². The van der Waals surface area contributed by atoms with Gasteiger partial charge in [-0.25, -0.2) is 0 Å². The Morgan fingerprint density at radius 1 is 0.875 bits per heavy atom. The Kier molecular flexibility index (Phi) is 6.69. The predicted molar refractivity (Wildman–Crippen MR) is 73.9 cm³/mol. The molecule has 0 aliphatic rings. The molecule has 86 valence electrons. The van der Waals surface area contributed by atoms with Crippen molar-refractivity contribution in [2.45, 2.75) is 19.9 Å². The van der Waals surface area contributed by atoms with Gasteiger partial charge in [0.15, 0.2) is 0 Å². The maximum absolute atomic E-state index is 3.81. The Labute approximate surface area is 99.5 Å². The van der Waals surface area contributed by atoms with Crippen molar-refractivity contribution >= 4 is 0 Å². The minimum Gasteiger partial charge on any atom is -0.339 e. The van der Waals surface area contributed by atoms with Crippen LogP contribution in [0, 0.1) is 0 Å². The fourth-order valence-corrected chi connectivity index (χ4v) is 1.48. The van der Waals surface area contributed by atoms with E-state index in [1.165, 1.54) is 0 Å². The van der Waals surface area contributed by atoms with E-state index in [0.717, 1.165) is 11.4 Å². The molecule has 0 spiro atoms. The Balaban J connectivity index is 5.43. The fraction of sp³-hybridized carbons (Fsp3) is 0.200. The highest BCUT2D eigenvalue weighted by molar-refractivity contribution is 5.31. The van der Waals surface area contributed by atoms with Gasteiger partial charge in [0.05, 0.1) is 0 Å². The van der Waals surface area contributed by atoms with Crippen molar-refractivity contribution in [3.63, 3.8) is 0 Å². The average Bonchev–Trinajstić information content (AvgIpc) is 2.26. The van der Waals surface area contributed by atoms with Crippen molar-refractivity contribution in [2.75, 3.05) is 0 Å². The highest BCUT2D eigenvalue weighted by Gasteiger charge is 2.12. The van der Waals surface area contributed by atoms with Gasteiger partial charge in [0.2, 0.25) is 0 Å². The van der Waals surface area contributed by atoms with Crippen LogP contribution in [0.3, 0.4) is 0 Å². The summed E-state index contributed by atoms with van der Waals surface area (Å²) in [5.74, 6) is 0. The van der Waals surface area contributed by atoms with Crippen LogP contribution in [0.1, 0.15) is 13.8 Å². The van der Waals surface area contributed by atoms with Gasteiger partial charge >= 0.3 is 0 Å². The molecule has 0 aliphatic heterocycles. The summed E-state index contributed by atoms with van der Waals surface area (Å²) in [4.78, 5) is 2.13. The third kappa shape index (κ3) is 3.77. The standard InChI is InChI=1S/C15H21N/c1-7-11-14(9-3)16(13(5)6)15(10-4)12-8-2/h7-13H,1-4H2,5-6H3/b14-11+,15-12+. The topological polar surface area (TPSA) is 3.24 Å². The molecule has 0 aromatic heterocycles. The monoisotopic (exact) mass is 215 g/mol. The van der Waals surface area contributed by atoms with E-state index in [9.17, 15) is 0 Å². The SMILES string of the molecule is C=C/C=C(\C=C)N(/C(C=C)=C/C=C)C(C)C. The highest BCUT2D eigenvalue weighted by Crippen LogP contribution is 2.19. The average molecular weight is 215 g/mol. The van der Waals surface area contributed by atoms with Gasteiger partial charge in [0, 0.05) is 17.4 Å². The third-order valence-corrected chi connectivity index (χ3v) is 2.07. The van der Waals surface area contributed by atoms with Crippen molar-refractivity contribution in [3.05, 3.63) is 74.2 Å². The first-order valence-electron chi connectivity index (χ1n) is 5.31. The van der Waals surface area contributed by atoms with Crippen molar-refractivity contribution in [2.24, 2.45) is 0 Å². The second-order valence-corrected chi connectivity index (χ2v) is 3.53. The van der Waals surface area contributed by atoms with Crippen LogP contribution in [0.5, 0.6) is 0 Å². The molecule has 0 bridgehead atoms. The molecule has 0 heterocycles. The van der Waals surface area contributed by atoms with Crippen molar-refractivity contribution < 1.29 is 0 Å². The number of nitrogens with zero attached hydrogens (tertiary/aromatic N) is 1. The zero-order chi connectivity index (χ0) is 12.6. The molecule has 0 aromatic rings. The molecular weight excluding hydrogens is 194 g/mol. The summed E-state index contributed by atoms with van der Waals surface area (Å²) in [6.45, 7) is 19.3. The smallest absolute Gasteiger partial charge is 0.0407 e. The molecule has 0 aromatic carbocycles. The number of hydrogen-bond acceptors (Lipinski definition) is 1. The fourth-order valence-electron chi connectivity index (χ4n) is 1.48. The summed E-state index contributed by atoms with van der Waals surface area (Å²) in [6.07, 6.45) is 11.0. The van der Waals surface area contributed by atoms with E-state index >= 15 is 0 Å². The lowest BCUT2D eigenvalue weighted by atomic mass is 10.2. The van der Waals surface area contributed by atoms with Crippen LogP contribution in [0.15, 0.2) is 74.2 Å². The maximum Gasteiger partial charge on any atom is 0.0407 e. The van der Waals surface area contributed by atoms with Crippen molar-refractivity contribution in [1.82, 2.24) is 4.90 Å². The molecule has 0 unspecified atom stereocenters. The maximum atomic E-state index is 3.81. The van der Waals surface area contributed by atoms with E-state index in [1.807, 2.05) is 24.3 Å². The lowest BCUT2D eigenvalue weighted by Crippen LogP contribution is -2.28. The molecule has 0 saturated heterocycles. The predicted octanol–water partition coefficient (Wildman–Crippen LogP) is 4.21. The van der Waals surface area contributed by atoms with E-state index < -0.39 is 0 Å². The number of hydrogen-bond donors (Lipinski definition) is 0. The lowest BCUT2D eigenvalue weighted by Gasteiger charge is -2.30. The Hall–Kier alpha value is -1.76. The van der Waals surface area contributed by atoms with Gasteiger partial charge in [0.1, 0.15) is 0 Å². The summed E-state index contributed by atoms with van der Waals surface area (Å²) in [6, 6.07) is 0.313. The summed E-state index contributed by atoms with van der Waals surface area (Å²) >= 11 is 0. The molecule has 0 amide bonds. The molecule has 0 atom stereocenters. The first-order valence-corrected chi connectivity index (χ1v) is 5.31. The molecule has 0 aliphatic carbocycles. The van der Waals surface area contributed by atoms with Gasteiger partial charge in [0.25, 0.3) is 0 Å². The lowest BCUT2D eigenvalue weighted by molar-refractivity contribution is 0.374.